The van der Waals surface area contributed by atoms with E-state index in [-0.39, 0.29) is 0 Å². The first-order chi connectivity index (χ1) is 13.2. The van der Waals surface area contributed by atoms with Gasteiger partial charge in [0.15, 0.2) is 0 Å². The van der Waals surface area contributed by atoms with E-state index in [1.807, 2.05) is 7.11 Å². The molecule has 0 aromatic rings. The molecule has 2 nitrogen and oxygen atoms in total. The van der Waals surface area contributed by atoms with Crippen molar-refractivity contribution in [1.82, 2.24) is 0 Å². The van der Waals surface area contributed by atoms with Crippen LogP contribution in [0.5, 0.6) is 0 Å². The lowest BCUT2D eigenvalue weighted by molar-refractivity contribution is 0.0623. The standard InChI is InChI=1S/C25H44O2/c1-3-4-10-20-12-7-9-19-8-5-6-11-21(14-13-19)24(20)25(26)22-15-17-23(27-2)18-16-22/h19-24H,3-18H2,1-2H3/p+1. The van der Waals surface area contributed by atoms with Gasteiger partial charge in [0.05, 0.1) is 17.9 Å². The van der Waals surface area contributed by atoms with Crippen LogP contribution in [-0.4, -0.2) is 23.8 Å². The largest absolute Gasteiger partial charge is 0.381 e. The first-order valence-electron chi connectivity index (χ1n) is 12.3. The number of ether oxygens (including phenoxy) is 1. The van der Waals surface area contributed by atoms with E-state index in [1.54, 1.807) is 0 Å². The van der Waals surface area contributed by atoms with Gasteiger partial charge >= 0.3 is 0 Å². The molecule has 0 radical (unpaired) electrons. The van der Waals surface area contributed by atoms with Crippen molar-refractivity contribution < 1.29 is 9.53 Å². The van der Waals surface area contributed by atoms with E-state index in [1.165, 1.54) is 77.0 Å². The number of methoxy groups -OCH3 is 1. The Kier molecular flexibility index (Phi) is 8.68. The molecule has 1 N–H and O–H groups in total. The lowest BCUT2D eigenvalue weighted by atomic mass is 9.67. The van der Waals surface area contributed by atoms with Crippen LogP contribution in [0.25, 0.3) is 0 Å². The second-order valence-corrected chi connectivity index (χ2v) is 9.98. The van der Waals surface area contributed by atoms with E-state index < -0.39 is 0 Å². The Balaban J connectivity index is 1.76. The third-order valence-corrected chi connectivity index (χ3v) is 8.28. The van der Waals surface area contributed by atoms with Crippen LogP contribution in [0.15, 0.2) is 0 Å². The monoisotopic (exact) mass is 377 g/mol. The summed E-state index contributed by atoms with van der Waals surface area (Å²) in [5.41, 5.74) is 0. The van der Waals surface area contributed by atoms with Crippen molar-refractivity contribution in [3.63, 3.8) is 0 Å². The molecule has 0 aromatic carbocycles. The summed E-state index contributed by atoms with van der Waals surface area (Å²) in [4.78, 5) is 11.6. The molecule has 0 spiro atoms. The number of rotatable bonds is 6. The van der Waals surface area contributed by atoms with Crippen LogP contribution in [-0.2, 0) is 4.74 Å². The van der Waals surface area contributed by atoms with Gasteiger partial charge in [0.1, 0.15) is 0 Å². The average Bonchev–Trinajstić information content (AvgIpc) is 2.73. The fraction of sp³-hybridized carbons (Fsp3) is 0.960. The molecule has 4 unspecified atom stereocenters. The highest BCUT2D eigenvalue weighted by Gasteiger charge is 2.44. The van der Waals surface area contributed by atoms with Gasteiger partial charge in [0.2, 0.25) is 0 Å². The highest BCUT2D eigenvalue weighted by Crippen LogP contribution is 2.44. The second kappa shape index (κ2) is 11.0. The Bertz CT molecular complexity index is 438. The van der Waals surface area contributed by atoms with Crippen molar-refractivity contribution in [2.75, 3.05) is 7.11 Å². The topological polar surface area (TPSA) is 30.6 Å². The number of unbranched alkanes of at least 4 members (excludes halogenated alkanes) is 1. The summed E-state index contributed by atoms with van der Waals surface area (Å²) in [6.45, 7) is 2.32. The molecule has 2 bridgehead atoms. The predicted molar refractivity (Wildman–Crippen MR) is 115 cm³/mol. The van der Waals surface area contributed by atoms with E-state index in [9.17, 15) is 4.79 Å². The zero-order chi connectivity index (χ0) is 19.1. The Hall–Kier alpha value is -0.370. The average molecular weight is 378 g/mol. The minimum Gasteiger partial charge on any atom is -0.381 e. The molecule has 156 valence electrons. The van der Waals surface area contributed by atoms with Crippen LogP contribution in [0, 0.1) is 29.6 Å². The number of ketones is 1. The van der Waals surface area contributed by atoms with Gasteiger partial charge in [0, 0.05) is 7.11 Å². The Morgan fingerprint density at radius 3 is 2.33 bits per heavy atom. The van der Waals surface area contributed by atoms with Crippen LogP contribution in [0.3, 0.4) is 0 Å². The van der Waals surface area contributed by atoms with E-state index in [0.717, 1.165) is 49.2 Å². The van der Waals surface area contributed by atoms with Crippen molar-refractivity contribution in [3.05, 3.63) is 0 Å². The number of fused-ring (bicyclic) bond motifs is 3. The fourth-order valence-electron chi connectivity index (χ4n) is 6.60. The zero-order valence-electron chi connectivity index (χ0n) is 18.1. The van der Waals surface area contributed by atoms with E-state index >= 15 is 0 Å². The van der Waals surface area contributed by atoms with Crippen LogP contribution >= 0.6 is 0 Å². The summed E-state index contributed by atoms with van der Waals surface area (Å²) in [6.07, 6.45) is 21.5. The maximum Gasteiger partial charge on any atom is 0.299 e. The number of carbonyl (C=O) groups excluding carboxylic acids is 1. The minimum atomic E-state index is 0.424. The molecular weight excluding hydrogens is 332 g/mol. The van der Waals surface area contributed by atoms with E-state index in [4.69, 9.17) is 4.74 Å². The lowest BCUT2D eigenvalue weighted by Gasteiger charge is -2.34. The molecule has 2 heteroatoms. The van der Waals surface area contributed by atoms with Crippen LogP contribution < -0.4 is 0 Å². The quantitative estimate of drug-likeness (QED) is 0.462. The van der Waals surface area contributed by atoms with E-state index in [2.05, 4.69) is 6.92 Å². The van der Waals surface area contributed by atoms with Crippen LogP contribution in [0.4, 0.5) is 0 Å². The summed E-state index contributed by atoms with van der Waals surface area (Å²) >= 11 is 0. The third-order valence-electron chi connectivity index (χ3n) is 8.28. The molecule has 3 aliphatic rings. The molecule has 0 aliphatic heterocycles. The molecule has 4 atom stereocenters. The molecule has 27 heavy (non-hydrogen) atoms. The molecule has 3 rings (SSSR count). The first kappa shape index (κ1) is 21.3. The molecular formula is C25H45O2+. The third kappa shape index (κ3) is 5.81. The van der Waals surface area contributed by atoms with E-state index in [0.29, 0.717) is 17.9 Å². The van der Waals surface area contributed by atoms with Crippen molar-refractivity contribution in [2.45, 2.75) is 116 Å². The van der Waals surface area contributed by atoms with Gasteiger partial charge in [-0.25, -0.2) is 0 Å². The summed E-state index contributed by atoms with van der Waals surface area (Å²) in [7, 11) is 1.85. The number of hydrogen-bond acceptors (Lipinski definition) is 1. The first-order valence-corrected chi connectivity index (χ1v) is 12.3. The minimum absolute atomic E-state index is 0.424. The normalized spacial score (nSPS) is 38.3. The van der Waals surface area contributed by atoms with Crippen LogP contribution in [0.2, 0.25) is 0 Å². The molecule has 3 saturated carbocycles. The maximum absolute atomic E-state index is 11.6. The van der Waals surface area contributed by atoms with Crippen molar-refractivity contribution in [2.24, 2.45) is 29.6 Å². The summed E-state index contributed by atoms with van der Waals surface area (Å²) in [6, 6.07) is 0. The van der Waals surface area contributed by atoms with Gasteiger partial charge in [-0.3, -0.25) is 4.79 Å². The van der Waals surface area contributed by atoms with Gasteiger partial charge < -0.3 is 4.74 Å². The molecule has 3 fully saturated rings. The summed E-state index contributed by atoms with van der Waals surface area (Å²) < 4.78 is 5.58. The van der Waals surface area contributed by atoms with Crippen molar-refractivity contribution in [1.29, 1.82) is 0 Å². The zero-order valence-corrected chi connectivity index (χ0v) is 18.1. The lowest BCUT2D eigenvalue weighted by Crippen LogP contribution is -2.38. The summed E-state index contributed by atoms with van der Waals surface area (Å²) in [5.74, 6) is 4.29. The Morgan fingerprint density at radius 2 is 1.59 bits per heavy atom. The predicted octanol–water partition coefficient (Wildman–Crippen LogP) is 6.93. The molecule has 0 heterocycles. The fourth-order valence-corrected chi connectivity index (χ4v) is 6.60. The van der Waals surface area contributed by atoms with Gasteiger partial charge in [-0.15, -0.1) is 0 Å². The molecule has 0 amide bonds. The van der Waals surface area contributed by atoms with Crippen molar-refractivity contribution >= 4 is 5.78 Å². The second-order valence-electron chi connectivity index (χ2n) is 9.98. The molecule has 0 saturated heterocycles. The highest BCUT2D eigenvalue weighted by molar-refractivity contribution is 5.85. The molecule has 0 aromatic heterocycles. The Morgan fingerprint density at radius 1 is 0.852 bits per heavy atom. The smallest absolute Gasteiger partial charge is 0.299 e. The Labute approximate surface area is 168 Å². The molecule has 3 aliphatic carbocycles. The van der Waals surface area contributed by atoms with Crippen LogP contribution in [0.1, 0.15) is 110 Å². The van der Waals surface area contributed by atoms with Crippen molar-refractivity contribution in [3.8, 4) is 0 Å². The van der Waals surface area contributed by atoms with Gasteiger partial charge in [-0.1, -0.05) is 58.3 Å². The maximum atomic E-state index is 11.6. The van der Waals surface area contributed by atoms with Gasteiger partial charge in [0.25, 0.3) is 5.78 Å². The highest BCUT2D eigenvalue weighted by atomic mass is 16.5. The SMILES string of the molecule is CCCCC1CCCC2CCCCC(CC2)C1C(=[OH+])C1CCC(OC)CC1. The summed E-state index contributed by atoms with van der Waals surface area (Å²) in [5, 5.41) is 0. The van der Waals surface area contributed by atoms with Gasteiger partial charge in [-0.2, -0.15) is 0 Å². The van der Waals surface area contributed by atoms with Gasteiger partial charge in [-0.05, 0) is 69.1 Å². The number of hydrogen-bond donors (Lipinski definition) is 0.